The molecule has 1 aromatic carbocycles. The summed E-state index contributed by atoms with van der Waals surface area (Å²) in [6.45, 7) is 2.02. The van der Waals surface area contributed by atoms with Crippen molar-refractivity contribution in [1.82, 2.24) is 0 Å². The molecule has 0 aliphatic heterocycles. The minimum atomic E-state index is -0.190. The first-order valence-electron chi connectivity index (χ1n) is 4.16. The van der Waals surface area contributed by atoms with Gasteiger partial charge in [-0.2, -0.15) is 0 Å². The first-order valence-corrected chi connectivity index (χ1v) is 7.72. The first kappa shape index (κ1) is 12.1. The van der Waals surface area contributed by atoms with E-state index in [0.717, 1.165) is 15.6 Å². The van der Waals surface area contributed by atoms with Gasteiger partial charge in [0.05, 0.1) is 0 Å². The van der Waals surface area contributed by atoms with Crippen molar-refractivity contribution < 1.29 is 0 Å². The molecule has 0 heterocycles. The van der Waals surface area contributed by atoms with Crippen LogP contribution >= 0.6 is 0 Å². The maximum atomic E-state index is 8.75. The van der Waals surface area contributed by atoms with Crippen molar-refractivity contribution in [2.24, 2.45) is 0 Å². The summed E-state index contributed by atoms with van der Waals surface area (Å²) in [4.78, 5) is 6.24. The van der Waals surface area contributed by atoms with E-state index in [1.54, 1.807) is 0 Å². The van der Waals surface area contributed by atoms with Crippen LogP contribution < -0.4 is 0 Å². The molecule has 1 rings (SSSR count). The van der Waals surface area contributed by atoms with E-state index in [0.29, 0.717) is 0 Å². The van der Waals surface area contributed by atoms with Crippen molar-refractivity contribution in [2.75, 3.05) is 0 Å². The molecular formula is C11H8N2Se2. The van der Waals surface area contributed by atoms with Gasteiger partial charge in [-0.05, 0) is 0 Å². The van der Waals surface area contributed by atoms with Crippen molar-refractivity contribution in [2.45, 2.75) is 6.92 Å². The van der Waals surface area contributed by atoms with Gasteiger partial charge < -0.3 is 0 Å². The molecule has 0 bridgehead atoms. The van der Waals surface area contributed by atoms with E-state index >= 15 is 0 Å². The second-order valence-corrected chi connectivity index (χ2v) is 5.81. The van der Waals surface area contributed by atoms with Gasteiger partial charge in [0.25, 0.3) is 0 Å². The SMILES string of the molecule is Cc1ccccc1C(=C[Se]C#N)[Se]C#N. The van der Waals surface area contributed by atoms with E-state index in [9.17, 15) is 0 Å². The van der Waals surface area contributed by atoms with Gasteiger partial charge in [0, 0.05) is 0 Å². The number of nitriles is 2. The standard InChI is InChI=1S/C11H8N2Se2/c1-9-4-2-3-5-10(9)11(15-8-13)6-14-7-12/h2-6H,1H3. The minimum absolute atomic E-state index is 0.157. The quantitative estimate of drug-likeness (QED) is 0.793. The van der Waals surface area contributed by atoms with Gasteiger partial charge in [-0.25, -0.2) is 0 Å². The Labute approximate surface area is 102 Å². The molecular weight excluding hydrogens is 318 g/mol. The molecule has 2 nitrogen and oxygen atoms in total. The molecule has 4 heteroatoms. The zero-order valence-corrected chi connectivity index (χ0v) is 11.5. The molecule has 0 atom stereocenters. The van der Waals surface area contributed by atoms with Crippen molar-refractivity contribution in [3.63, 3.8) is 0 Å². The maximum absolute atomic E-state index is 8.75. The predicted octanol–water partition coefficient (Wildman–Crippen LogP) is 1.66. The summed E-state index contributed by atoms with van der Waals surface area (Å²) < 4.78 is 1.03. The van der Waals surface area contributed by atoms with Crippen LogP contribution in [0.15, 0.2) is 29.2 Å². The average Bonchev–Trinajstić information content (AvgIpc) is 2.25. The molecule has 15 heavy (non-hydrogen) atoms. The van der Waals surface area contributed by atoms with Crippen LogP contribution in [-0.4, -0.2) is 29.9 Å². The Balaban J connectivity index is 3.06. The average molecular weight is 326 g/mol. The van der Waals surface area contributed by atoms with E-state index < -0.39 is 0 Å². The first-order chi connectivity index (χ1) is 7.29. The monoisotopic (exact) mass is 328 g/mol. The third-order valence-electron chi connectivity index (χ3n) is 1.78. The second-order valence-electron chi connectivity index (χ2n) is 2.70. The van der Waals surface area contributed by atoms with Gasteiger partial charge in [0.2, 0.25) is 0 Å². The van der Waals surface area contributed by atoms with Crippen LogP contribution in [0.5, 0.6) is 0 Å². The van der Waals surface area contributed by atoms with E-state index in [1.807, 2.05) is 36.2 Å². The zero-order chi connectivity index (χ0) is 11.1. The fraction of sp³-hybridized carbons (Fsp3) is 0.0909. The predicted molar refractivity (Wildman–Crippen MR) is 61.9 cm³/mol. The summed E-state index contributed by atoms with van der Waals surface area (Å²) in [6, 6.07) is 7.97. The number of aryl methyl sites for hydroxylation is 1. The van der Waals surface area contributed by atoms with Crippen LogP contribution in [0.2, 0.25) is 0 Å². The molecule has 0 aliphatic carbocycles. The van der Waals surface area contributed by atoms with E-state index in [1.165, 1.54) is 0 Å². The Morgan fingerprint density at radius 1 is 1.27 bits per heavy atom. The van der Waals surface area contributed by atoms with Gasteiger partial charge >= 0.3 is 102 Å². The molecule has 0 saturated carbocycles. The molecule has 0 saturated heterocycles. The normalized spacial score (nSPS) is 10.5. The van der Waals surface area contributed by atoms with Gasteiger partial charge in [-0.15, -0.1) is 0 Å². The van der Waals surface area contributed by atoms with Crippen molar-refractivity contribution in [3.8, 4) is 9.94 Å². The van der Waals surface area contributed by atoms with Crippen LogP contribution in [-0.2, 0) is 0 Å². The Kier molecular flexibility index (Phi) is 5.19. The van der Waals surface area contributed by atoms with E-state index in [-0.39, 0.29) is 29.9 Å². The van der Waals surface area contributed by atoms with Gasteiger partial charge in [-0.3, -0.25) is 0 Å². The molecule has 0 fully saturated rings. The van der Waals surface area contributed by atoms with Crippen molar-refractivity contribution in [1.29, 1.82) is 10.5 Å². The van der Waals surface area contributed by atoms with Crippen LogP contribution in [0.4, 0.5) is 0 Å². The number of hydrogen-bond acceptors (Lipinski definition) is 2. The van der Waals surface area contributed by atoms with E-state index in [4.69, 9.17) is 10.5 Å². The molecule has 0 amide bonds. The van der Waals surface area contributed by atoms with Crippen molar-refractivity contribution >= 4 is 34.4 Å². The summed E-state index contributed by atoms with van der Waals surface area (Å²) in [7, 11) is 0. The van der Waals surface area contributed by atoms with Gasteiger partial charge in [0.15, 0.2) is 0 Å². The molecule has 0 unspecified atom stereocenters. The van der Waals surface area contributed by atoms with Crippen molar-refractivity contribution in [3.05, 3.63) is 40.4 Å². The van der Waals surface area contributed by atoms with Crippen LogP contribution in [0, 0.1) is 27.4 Å². The third kappa shape index (κ3) is 3.55. The number of nitrogens with zero attached hydrogens (tertiary/aromatic N) is 2. The second kappa shape index (κ2) is 6.46. The van der Waals surface area contributed by atoms with Gasteiger partial charge in [0.1, 0.15) is 0 Å². The molecule has 0 aromatic heterocycles. The van der Waals surface area contributed by atoms with E-state index in [2.05, 4.69) is 9.94 Å². The third-order valence-corrected chi connectivity index (χ3v) is 4.87. The van der Waals surface area contributed by atoms with Crippen LogP contribution in [0.1, 0.15) is 11.1 Å². The number of hydrogen-bond donors (Lipinski definition) is 0. The molecule has 0 N–H and O–H groups in total. The molecule has 74 valence electrons. The molecule has 1 aromatic rings. The summed E-state index contributed by atoms with van der Waals surface area (Å²) in [6.07, 6.45) is 0. The summed E-state index contributed by atoms with van der Waals surface area (Å²) in [5.41, 5.74) is 2.27. The summed E-state index contributed by atoms with van der Waals surface area (Å²) >= 11 is -0.346. The summed E-state index contributed by atoms with van der Waals surface area (Å²) in [5, 5.41) is 17.3. The summed E-state index contributed by atoms with van der Waals surface area (Å²) in [5.74, 6) is 0. The Hall–Kier alpha value is -1.02. The van der Waals surface area contributed by atoms with Gasteiger partial charge in [-0.1, -0.05) is 0 Å². The fourth-order valence-corrected chi connectivity index (χ4v) is 3.79. The Morgan fingerprint density at radius 2 is 2.00 bits per heavy atom. The Morgan fingerprint density at radius 3 is 2.60 bits per heavy atom. The molecule has 0 radical (unpaired) electrons. The number of rotatable bonds is 3. The zero-order valence-electron chi connectivity index (χ0n) is 8.10. The molecule has 0 aliphatic rings. The van der Waals surface area contributed by atoms with Crippen LogP contribution in [0.3, 0.4) is 0 Å². The Bertz CT molecular complexity index is 452. The topological polar surface area (TPSA) is 47.6 Å². The van der Waals surface area contributed by atoms with Crippen LogP contribution in [0.25, 0.3) is 4.47 Å². The molecule has 0 spiro atoms. The number of benzene rings is 1. The fourth-order valence-electron chi connectivity index (χ4n) is 1.12.